The number of rotatable bonds is 9. The van der Waals surface area contributed by atoms with Gasteiger partial charge in [0.05, 0.1) is 13.2 Å². The fourth-order valence-electron chi connectivity index (χ4n) is 3.07. The molecule has 26 heavy (non-hydrogen) atoms. The Bertz CT molecular complexity index is 523. The second-order valence-corrected chi connectivity index (χ2v) is 6.35. The summed E-state index contributed by atoms with van der Waals surface area (Å²) in [6.45, 7) is 11.9. The number of hydrogen-bond donors (Lipinski definition) is 2. The standard InChI is InChI=1S/C19H33N5O.HI/c1-4-12-25-18-10-9-16(13-21-18)14-22-19(20-5-2)23-15-17-8-7-11-24(17)6-3;/h9-10,13,17H,4-8,11-12,14-15H2,1-3H3,(H2,20,22,23);1H. The van der Waals surface area contributed by atoms with E-state index >= 15 is 0 Å². The van der Waals surface area contributed by atoms with Gasteiger partial charge in [0.25, 0.3) is 0 Å². The summed E-state index contributed by atoms with van der Waals surface area (Å²) in [7, 11) is 0. The van der Waals surface area contributed by atoms with Crippen LogP contribution >= 0.6 is 24.0 Å². The monoisotopic (exact) mass is 475 g/mol. The van der Waals surface area contributed by atoms with Crippen LogP contribution in [0.5, 0.6) is 5.88 Å². The van der Waals surface area contributed by atoms with Crippen LogP contribution in [0.15, 0.2) is 23.3 Å². The first-order valence-corrected chi connectivity index (χ1v) is 9.60. The van der Waals surface area contributed by atoms with Crippen LogP contribution in [0.3, 0.4) is 0 Å². The van der Waals surface area contributed by atoms with Crippen LogP contribution in [0.25, 0.3) is 0 Å². The zero-order valence-corrected chi connectivity index (χ0v) is 18.7. The molecule has 148 valence electrons. The van der Waals surface area contributed by atoms with E-state index in [9.17, 15) is 0 Å². The number of aromatic nitrogens is 1. The molecule has 1 saturated heterocycles. The van der Waals surface area contributed by atoms with E-state index in [1.807, 2.05) is 18.3 Å². The first-order chi connectivity index (χ1) is 12.3. The summed E-state index contributed by atoms with van der Waals surface area (Å²) in [5.41, 5.74) is 1.08. The van der Waals surface area contributed by atoms with E-state index in [4.69, 9.17) is 4.74 Å². The number of guanidine groups is 1. The molecule has 1 aliphatic heterocycles. The Morgan fingerprint density at radius 1 is 1.31 bits per heavy atom. The fraction of sp³-hybridized carbons (Fsp3) is 0.684. The summed E-state index contributed by atoms with van der Waals surface area (Å²) in [5, 5.41) is 6.81. The number of halogens is 1. The van der Waals surface area contributed by atoms with Gasteiger partial charge in [-0.05, 0) is 44.8 Å². The summed E-state index contributed by atoms with van der Waals surface area (Å²) in [4.78, 5) is 11.6. The molecule has 7 heteroatoms. The summed E-state index contributed by atoms with van der Waals surface area (Å²) >= 11 is 0. The lowest BCUT2D eigenvalue weighted by Crippen LogP contribution is -2.44. The van der Waals surface area contributed by atoms with Gasteiger partial charge in [0.15, 0.2) is 5.96 Å². The lowest BCUT2D eigenvalue weighted by Gasteiger charge is -2.24. The largest absolute Gasteiger partial charge is 0.478 e. The molecule has 0 radical (unpaired) electrons. The van der Waals surface area contributed by atoms with Crippen molar-refractivity contribution in [1.82, 2.24) is 20.5 Å². The van der Waals surface area contributed by atoms with E-state index in [0.29, 0.717) is 25.1 Å². The molecule has 6 nitrogen and oxygen atoms in total. The van der Waals surface area contributed by atoms with Crippen molar-refractivity contribution in [3.05, 3.63) is 23.9 Å². The van der Waals surface area contributed by atoms with Crippen molar-refractivity contribution in [1.29, 1.82) is 0 Å². The highest BCUT2D eigenvalue weighted by Crippen LogP contribution is 2.15. The summed E-state index contributed by atoms with van der Waals surface area (Å²) in [5.74, 6) is 1.55. The van der Waals surface area contributed by atoms with Gasteiger partial charge in [-0.3, -0.25) is 4.90 Å². The summed E-state index contributed by atoms with van der Waals surface area (Å²) in [6.07, 6.45) is 5.39. The van der Waals surface area contributed by atoms with Crippen molar-refractivity contribution < 1.29 is 4.74 Å². The quantitative estimate of drug-likeness (QED) is 0.327. The molecule has 0 amide bonds. The number of ether oxygens (including phenoxy) is 1. The van der Waals surface area contributed by atoms with Gasteiger partial charge < -0.3 is 15.4 Å². The SMILES string of the molecule is CCCOc1ccc(CN=C(NCC)NCC2CCCN2CC)cn1.I. The van der Waals surface area contributed by atoms with Gasteiger partial charge >= 0.3 is 0 Å². The maximum atomic E-state index is 5.51. The van der Waals surface area contributed by atoms with Gasteiger partial charge in [-0.15, -0.1) is 24.0 Å². The van der Waals surface area contributed by atoms with Crippen molar-refractivity contribution in [2.75, 3.05) is 32.8 Å². The predicted molar refractivity (Wildman–Crippen MR) is 119 cm³/mol. The minimum Gasteiger partial charge on any atom is -0.478 e. The number of likely N-dealkylation sites (N-methyl/N-ethyl adjacent to an activating group) is 1. The van der Waals surface area contributed by atoms with Crippen molar-refractivity contribution in [2.45, 2.75) is 52.6 Å². The molecule has 0 saturated carbocycles. The van der Waals surface area contributed by atoms with E-state index in [1.165, 1.54) is 19.4 Å². The van der Waals surface area contributed by atoms with Crippen molar-refractivity contribution in [3.63, 3.8) is 0 Å². The molecule has 2 heterocycles. The second kappa shape index (κ2) is 13.1. The van der Waals surface area contributed by atoms with Crippen molar-refractivity contribution in [3.8, 4) is 5.88 Å². The lowest BCUT2D eigenvalue weighted by molar-refractivity contribution is 0.267. The minimum atomic E-state index is 0. The molecule has 0 aromatic carbocycles. The van der Waals surface area contributed by atoms with Gasteiger partial charge in [0.2, 0.25) is 5.88 Å². The number of pyridine rings is 1. The Labute approximate surface area is 175 Å². The minimum absolute atomic E-state index is 0. The number of hydrogen-bond acceptors (Lipinski definition) is 4. The number of nitrogens with one attached hydrogen (secondary N) is 2. The highest BCUT2D eigenvalue weighted by atomic mass is 127. The zero-order valence-electron chi connectivity index (χ0n) is 16.3. The molecular weight excluding hydrogens is 441 g/mol. The predicted octanol–water partition coefficient (Wildman–Crippen LogP) is 3.03. The zero-order chi connectivity index (χ0) is 17.9. The maximum absolute atomic E-state index is 5.51. The van der Waals surface area contributed by atoms with Gasteiger partial charge in [-0.1, -0.05) is 19.9 Å². The average molecular weight is 475 g/mol. The third-order valence-corrected chi connectivity index (χ3v) is 4.43. The first kappa shape index (κ1) is 23.0. The number of nitrogens with zero attached hydrogens (tertiary/aromatic N) is 3. The smallest absolute Gasteiger partial charge is 0.213 e. The van der Waals surface area contributed by atoms with Gasteiger partial charge in [-0.2, -0.15) is 0 Å². The molecule has 1 aromatic rings. The van der Waals surface area contributed by atoms with Crippen LogP contribution in [0.1, 0.15) is 45.6 Å². The molecule has 1 unspecified atom stereocenters. The summed E-state index contributed by atoms with van der Waals surface area (Å²) < 4.78 is 5.51. The highest BCUT2D eigenvalue weighted by Gasteiger charge is 2.22. The third kappa shape index (κ3) is 7.65. The van der Waals surface area contributed by atoms with Crippen LogP contribution in [0.4, 0.5) is 0 Å². The first-order valence-electron chi connectivity index (χ1n) is 9.60. The van der Waals surface area contributed by atoms with Crippen molar-refractivity contribution >= 4 is 29.9 Å². The highest BCUT2D eigenvalue weighted by molar-refractivity contribution is 14.0. The normalized spacial score (nSPS) is 17.7. The van der Waals surface area contributed by atoms with Crippen LogP contribution in [0.2, 0.25) is 0 Å². The Hall–Kier alpha value is -1.09. The van der Waals surface area contributed by atoms with E-state index in [-0.39, 0.29) is 24.0 Å². The average Bonchev–Trinajstić information content (AvgIpc) is 3.10. The van der Waals surface area contributed by atoms with E-state index in [0.717, 1.165) is 37.6 Å². The number of aliphatic imine (C=N–C) groups is 1. The topological polar surface area (TPSA) is 61.8 Å². The van der Waals surface area contributed by atoms with E-state index < -0.39 is 0 Å². The van der Waals surface area contributed by atoms with Crippen LogP contribution in [-0.4, -0.2) is 54.7 Å². The van der Waals surface area contributed by atoms with Gasteiger partial charge in [-0.25, -0.2) is 9.98 Å². The molecule has 1 aromatic heterocycles. The number of likely N-dealkylation sites (tertiary alicyclic amines) is 1. The lowest BCUT2D eigenvalue weighted by atomic mass is 10.2. The molecular formula is C19H34IN5O. The molecule has 1 fully saturated rings. The van der Waals surface area contributed by atoms with Crippen LogP contribution < -0.4 is 15.4 Å². The Kier molecular flexibility index (Phi) is 11.6. The molecule has 2 N–H and O–H groups in total. The van der Waals surface area contributed by atoms with Gasteiger partial charge in [0.1, 0.15) is 0 Å². The van der Waals surface area contributed by atoms with Gasteiger partial charge in [0, 0.05) is 31.4 Å². The maximum Gasteiger partial charge on any atom is 0.213 e. The van der Waals surface area contributed by atoms with Crippen molar-refractivity contribution in [2.24, 2.45) is 4.99 Å². The Balaban J connectivity index is 0.00000338. The molecule has 0 bridgehead atoms. The Morgan fingerprint density at radius 2 is 2.15 bits per heavy atom. The third-order valence-electron chi connectivity index (χ3n) is 4.43. The fourth-order valence-corrected chi connectivity index (χ4v) is 3.07. The van der Waals surface area contributed by atoms with Crippen LogP contribution in [0, 0.1) is 0 Å². The second-order valence-electron chi connectivity index (χ2n) is 6.35. The molecule has 1 aliphatic rings. The van der Waals surface area contributed by atoms with E-state index in [2.05, 4.69) is 46.3 Å². The molecule has 1 atom stereocenters. The summed E-state index contributed by atoms with van der Waals surface area (Å²) in [6, 6.07) is 4.56. The van der Waals surface area contributed by atoms with Crippen LogP contribution in [-0.2, 0) is 6.54 Å². The Morgan fingerprint density at radius 3 is 2.81 bits per heavy atom. The molecule has 0 aliphatic carbocycles. The molecule has 0 spiro atoms. The van der Waals surface area contributed by atoms with E-state index in [1.54, 1.807) is 0 Å². The molecule has 2 rings (SSSR count).